The monoisotopic (exact) mass is 271 g/mol. The lowest BCUT2D eigenvalue weighted by atomic mass is 9.91. The maximum absolute atomic E-state index is 11.3. The maximum Gasteiger partial charge on any atom is 0.148 e. The fraction of sp³-hybridized carbons (Fsp3) is 0.692. The molecular formula is C13H21NO3S. The third-order valence-corrected chi connectivity index (χ3v) is 4.52. The van der Waals surface area contributed by atoms with Crippen molar-refractivity contribution in [3.63, 3.8) is 0 Å². The molecule has 1 aliphatic heterocycles. The SMILES string of the molecule is C[C@@H]1CCN(CCS(C)(=O)=O)[C@@H](c2ccco2)C1. The van der Waals surface area contributed by atoms with Crippen LogP contribution in [0.2, 0.25) is 0 Å². The van der Waals surface area contributed by atoms with Crippen LogP contribution in [-0.4, -0.2) is 38.4 Å². The van der Waals surface area contributed by atoms with Crippen LogP contribution in [0.15, 0.2) is 22.8 Å². The summed E-state index contributed by atoms with van der Waals surface area (Å²) in [4.78, 5) is 2.24. The number of piperidine rings is 1. The van der Waals surface area contributed by atoms with Crippen LogP contribution in [0.5, 0.6) is 0 Å². The molecule has 0 saturated carbocycles. The Balaban J connectivity index is 2.06. The number of nitrogens with zero attached hydrogens (tertiary/aromatic N) is 1. The third kappa shape index (κ3) is 3.59. The summed E-state index contributed by atoms with van der Waals surface area (Å²) in [7, 11) is -2.90. The summed E-state index contributed by atoms with van der Waals surface area (Å²) in [6.07, 6.45) is 5.14. The van der Waals surface area contributed by atoms with Crippen LogP contribution in [-0.2, 0) is 9.84 Å². The lowest BCUT2D eigenvalue weighted by Crippen LogP contribution is -2.38. The molecular weight excluding hydrogens is 250 g/mol. The number of furan rings is 1. The van der Waals surface area contributed by atoms with E-state index in [-0.39, 0.29) is 11.8 Å². The van der Waals surface area contributed by atoms with Crippen LogP contribution in [0.4, 0.5) is 0 Å². The second-order valence-corrected chi connectivity index (χ2v) is 7.59. The lowest BCUT2D eigenvalue weighted by molar-refractivity contribution is 0.109. The van der Waals surface area contributed by atoms with E-state index in [1.54, 1.807) is 6.26 Å². The summed E-state index contributed by atoms with van der Waals surface area (Å²) in [5.74, 6) is 1.84. The molecule has 2 atom stereocenters. The van der Waals surface area contributed by atoms with Gasteiger partial charge in [0.25, 0.3) is 0 Å². The van der Waals surface area contributed by atoms with Crippen molar-refractivity contribution in [1.82, 2.24) is 4.90 Å². The van der Waals surface area contributed by atoms with Crippen LogP contribution < -0.4 is 0 Å². The molecule has 0 spiro atoms. The van der Waals surface area contributed by atoms with Crippen molar-refractivity contribution in [2.24, 2.45) is 5.92 Å². The second kappa shape index (κ2) is 5.45. The molecule has 1 fully saturated rings. The molecule has 0 aliphatic carbocycles. The van der Waals surface area contributed by atoms with E-state index in [1.807, 2.05) is 12.1 Å². The van der Waals surface area contributed by atoms with Gasteiger partial charge >= 0.3 is 0 Å². The van der Waals surface area contributed by atoms with Crippen LogP contribution in [0, 0.1) is 5.92 Å². The average Bonchev–Trinajstić information content (AvgIpc) is 2.79. The van der Waals surface area contributed by atoms with E-state index in [2.05, 4.69) is 11.8 Å². The molecule has 0 radical (unpaired) electrons. The molecule has 1 aliphatic rings. The van der Waals surface area contributed by atoms with Crippen molar-refractivity contribution in [3.8, 4) is 0 Å². The van der Waals surface area contributed by atoms with Crippen molar-refractivity contribution in [1.29, 1.82) is 0 Å². The van der Waals surface area contributed by atoms with Gasteiger partial charge in [-0.2, -0.15) is 0 Å². The van der Waals surface area contributed by atoms with Crippen molar-refractivity contribution >= 4 is 9.84 Å². The Labute approximate surface area is 109 Å². The Kier molecular flexibility index (Phi) is 4.12. The first-order valence-electron chi connectivity index (χ1n) is 6.41. The molecule has 2 rings (SSSR count). The van der Waals surface area contributed by atoms with E-state index >= 15 is 0 Å². The van der Waals surface area contributed by atoms with Crippen molar-refractivity contribution < 1.29 is 12.8 Å². The summed E-state index contributed by atoms with van der Waals surface area (Å²) in [6, 6.07) is 4.10. The first kappa shape index (κ1) is 13.6. The minimum absolute atomic E-state index is 0.221. The molecule has 0 bridgehead atoms. The van der Waals surface area contributed by atoms with Gasteiger partial charge in [-0.15, -0.1) is 0 Å². The fourth-order valence-electron chi connectivity index (χ4n) is 2.52. The number of rotatable bonds is 4. The van der Waals surface area contributed by atoms with E-state index in [4.69, 9.17) is 4.42 Å². The standard InChI is InChI=1S/C13H21NO3S/c1-11-5-6-14(7-9-18(2,15)16)12(10-11)13-4-3-8-17-13/h3-4,8,11-12H,5-7,9-10H2,1-2H3/t11-,12-/m1/s1. The molecule has 0 N–H and O–H groups in total. The molecule has 0 unspecified atom stereocenters. The van der Waals surface area contributed by atoms with Crippen LogP contribution in [0.3, 0.4) is 0 Å². The Morgan fingerprint density at radius 3 is 2.89 bits per heavy atom. The van der Waals surface area contributed by atoms with Gasteiger partial charge in [0.2, 0.25) is 0 Å². The minimum atomic E-state index is -2.90. The number of sulfone groups is 1. The highest BCUT2D eigenvalue weighted by atomic mass is 32.2. The Bertz CT molecular complexity index is 466. The Morgan fingerprint density at radius 2 is 2.28 bits per heavy atom. The molecule has 1 aromatic rings. The van der Waals surface area contributed by atoms with Crippen LogP contribution in [0.25, 0.3) is 0 Å². The van der Waals surface area contributed by atoms with E-state index in [1.165, 1.54) is 6.26 Å². The number of hydrogen-bond donors (Lipinski definition) is 0. The second-order valence-electron chi connectivity index (χ2n) is 5.33. The highest BCUT2D eigenvalue weighted by Gasteiger charge is 2.29. The first-order valence-corrected chi connectivity index (χ1v) is 8.47. The zero-order valence-electron chi connectivity index (χ0n) is 11.0. The number of likely N-dealkylation sites (tertiary alicyclic amines) is 1. The minimum Gasteiger partial charge on any atom is -0.468 e. The predicted octanol–water partition coefficient (Wildman–Crippen LogP) is 2.10. The smallest absolute Gasteiger partial charge is 0.148 e. The lowest BCUT2D eigenvalue weighted by Gasteiger charge is -2.37. The average molecular weight is 271 g/mol. The first-order chi connectivity index (χ1) is 8.46. The van der Waals surface area contributed by atoms with E-state index < -0.39 is 9.84 Å². The van der Waals surface area contributed by atoms with E-state index in [0.29, 0.717) is 12.5 Å². The Morgan fingerprint density at radius 1 is 1.50 bits per heavy atom. The molecule has 102 valence electrons. The summed E-state index contributed by atoms with van der Waals surface area (Å²) >= 11 is 0. The van der Waals surface area contributed by atoms with Gasteiger partial charge in [-0.1, -0.05) is 6.92 Å². The maximum atomic E-state index is 11.3. The van der Waals surface area contributed by atoms with Crippen molar-refractivity contribution in [2.75, 3.05) is 25.1 Å². The number of hydrogen-bond acceptors (Lipinski definition) is 4. The van der Waals surface area contributed by atoms with Gasteiger partial charge in [-0.05, 0) is 37.4 Å². The van der Waals surface area contributed by atoms with Crippen molar-refractivity contribution in [2.45, 2.75) is 25.8 Å². The predicted molar refractivity (Wildman–Crippen MR) is 71.1 cm³/mol. The largest absolute Gasteiger partial charge is 0.468 e. The zero-order chi connectivity index (χ0) is 13.2. The normalized spacial score (nSPS) is 26.3. The molecule has 18 heavy (non-hydrogen) atoms. The van der Waals surface area contributed by atoms with Crippen molar-refractivity contribution in [3.05, 3.63) is 24.2 Å². The molecule has 4 nitrogen and oxygen atoms in total. The third-order valence-electron chi connectivity index (χ3n) is 3.60. The topological polar surface area (TPSA) is 50.5 Å². The summed E-state index contributed by atoms with van der Waals surface area (Å²) < 4.78 is 28.1. The summed E-state index contributed by atoms with van der Waals surface area (Å²) in [6.45, 7) is 3.78. The molecule has 0 aromatic carbocycles. The molecule has 1 saturated heterocycles. The fourth-order valence-corrected chi connectivity index (χ4v) is 3.08. The van der Waals surface area contributed by atoms with Gasteiger partial charge in [-0.25, -0.2) is 8.42 Å². The summed E-state index contributed by atoms with van der Waals surface area (Å²) in [5, 5.41) is 0. The van der Waals surface area contributed by atoms with Gasteiger partial charge in [0.15, 0.2) is 0 Å². The van der Waals surface area contributed by atoms with Gasteiger partial charge in [-0.3, -0.25) is 4.90 Å². The zero-order valence-corrected chi connectivity index (χ0v) is 11.8. The van der Waals surface area contributed by atoms with Crippen LogP contribution >= 0.6 is 0 Å². The molecule has 0 amide bonds. The van der Waals surface area contributed by atoms with E-state index in [0.717, 1.165) is 25.1 Å². The molecule has 2 heterocycles. The van der Waals surface area contributed by atoms with Gasteiger partial charge in [0.1, 0.15) is 15.6 Å². The molecule has 1 aromatic heterocycles. The Hall–Kier alpha value is -0.810. The highest BCUT2D eigenvalue weighted by molar-refractivity contribution is 7.90. The quantitative estimate of drug-likeness (QED) is 0.841. The van der Waals surface area contributed by atoms with E-state index in [9.17, 15) is 8.42 Å². The molecule has 5 heteroatoms. The van der Waals surface area contributed by atoms with Crippen LogP contribution in [0.1, 0.15) is 31.6 Å². The van der Waals surface area contributed by atoms with Gasteiger partial charge in [0, 0.05) is 12.8 Å². The van der Waals surface area contributed by atoms with Gasteiger partial charge < -0.3 is 4.42 Å². The van der Waals surface area contributed by atoms with Gasteiger partial charge in [0.05, 0.1) is 18.1 Å². The highest BCUT2D eigenvalue weighted by Crippen LogP contribution is 2.33. The summed E-state index contributed by atoms with van der Waals surface area (Å²) in [5.41, 5.74) is 0.